The fourth-order valence-electron chi connectivity index (χ4n) is 2.71. The summed E-state index contributed by atoms with van der Waals surface area (Å²) in [5.41, 5.74) is -0.239. The molecule has 0 saturated carbocycles. The number of amides is 2. The molecule has 2 rings (SSSR count). The Morgan fingerprint density at radius 3 is 2.55 bits per heavy atom. The van der Waals surface area contributed by atoms with Crippen molar-refractivity contribution in [1.29, 1.82) is 0 Å². The molecule has 1 aromatic rings. The van der Waals surface area contributed by atoms with Crippen LogP contribution in [0.5, 0.6) is 0 Å². The average molecular weight is 325 g/mol. The molecule has 6 heteroatoms. The van der Waals surface area contributed by atoms with E-state index in [0.29, 0.717) is 18.0 Å². The minimum absolute atomic E-state index is 0.191. The lowest BCUT2D eigenvalue weighted by molar-refractivity contribution is -0.141. The van der Waals surface area contributed by atoms with Crippen LogP contribution in [0.25, 0.3) is 0 Å². The number of anilines is 1. The molecule has 0 aliphatic carbocycles. The molecule has 1 unspecified atom stereocenters. The number of rotatable bonds is 4. The molecule has 1 aliphatic heterocycles. The monoisotopic (exact) mass is 324 g/mol. The maximum Gasteiger partial charge on any atom is 0.239 e. The standard InChI is InChI=1S/C16H21ClN2O3/c1-16(2,22)10-18(3)14(20)13-8-9-19(15(13)21)12-6-4-11(17)5-7-12/h4-7,13,22H,8-10H2,1-3H3. The van der Waals surface area contributed by atoms with Crippen LogP contribution in [0.4, 0.5) is 5.69 Å². The predicted molar refractivity (Wildman–Crippen MR) is 85.8 cm³/mol. The van der Waals surface area contributed by atoms with E-state index in [9.17, 15) is 14.7 Å². The highest BCUT2D eigenvalue weighted by Crippen LogP contribution is 2.27. The number of likely N-dealkylation sites (N-methyl/N-ethyl adjacent to an activating group) is 1. The van der Waals surface area contributed by atoms with Gasteiger partial charge in [-0.15, -0.1) is 0 Å². The molecule has 1 N–H and O–H groups in total. The summed E-state index contributed by atoms with van der Waals surface area (Å²) in [5, 5.41) is 10.4. The van der Waals surface area contributed by atoms with Crippen LogP contribution in [0.3, 0.4) is 0 Å². The molecule has 1 saturated heterocycles. The number of carbonyl (C=O) groups is 2. The predicted octanol–water partition coefficient (Wildman–Crippen LogP) is 1.92. The Bertz CT molecular complexity index is 566. The van der Waals surface area contributed by atoms with Crippen LogP contribution >= 0.6 is 11.6 Å². The maximum atomic E-state index is 12.5. The number of halogens is 1. The summed E-state index contributed by atoms with van der Waals surface area (Å²) in [4.78, 5) is 27.9. The fraction of sp³-hybridized carbons (Fsp3) is 0.500. The van der Waals surface area contributed by atoms with E-state index in [2.05, 4.69) is 0 Å². The minimum Gasteiger partial charge on any atom is -0.389 e. The fourth-order valence-corrected chi connectivity index (χ4v) is 2.84. The molecular weight excluding hydrogens is 304 g/mol. The van der Waals surface area contributed by atoms with Gasteiger partial charge in [0.05, 0.1) is 5.60 Å². The van der Waals surface area contributed by atoms with Crippen molar-refractivity contribution in [2.24, 2.45) is 5.92 Å². The molecule has 1 fully saturated rings. The normalized spacial score (nSPS) is 18.7. The summed E-state index contributed by atoms with van der Waals surface area (Å²) >= 11 is 5.85. The molecule has 0 aromatic heterocycles. The minimum atomic E-state index is -0.984. The van der Waals surface area contributed by atoms with Crippen LogP contribution in [0.15, 0.2) is 24.3 Å². The van der Waals surface area contributed by atoms with Crippen LogP contribution in [0.2, 0.25) is 5.02 Å². The lowest BCUT2D eigenvalue weighted by Gasteiger charge is -2.27. The second kappa shape index (κ2) is 6.26. The van der Waals surface area contributed by atoms with Crippen molar-refractivity contribution < 1.29 is 14.7 Å². The first-order chi connectivity index (χ1) is 10.2. The number of hydrogen-bond donors (Lipinski definition) is 1. The van der Waals surface area contributed by atoms with Gasteiger partial charge in [0.25, 0.3) is 0 Å². The Morgan fingerprint density at radius 2 is 2.00 bits per heavy atom. The molecule has 0 spiro atoms. The SMILES string of the molecule is CN(CC(C)(C)O)C(=O)C1CCN(c2ccc(Cl)cc2)C1=O. The number of benzene rings is 1. The van der Waals surface area contributed by atoms with E-state index >= 15 is 0 Å². The first-order valence-corrected chi connectivity index (χ1v) is 7.61. The lowest BCUT2D eigenvalue weighted by atomic mass is 10.0. The topological polar surface area (TPSA) is 60.9 Å². The Kier molecular flexibility index (Phi) is 4.78. The van der Waals surface area contributed by atoms with Crippen molar-refractivity contribution in [2.45, 2.75) is 25.9 Å². The summed E-state index contributed by atoms with van der Waals surface area (Å²) in [6, 6.07) is 6.99. The summed E-state index contributed by atoms with van der Waals surface area (Å²) in [6.07, 6.45) is 0.483. The molecular formula is C16H21ClN2O3. The summed E-state index contributed by atoms with van der Waals surface area (Å²) in [7, 11) is 1.61. The van der Waals surface area contributed by atoms with Crippen molar-refractivity contribution in [3.63, 3.8) is 0 Å². The molecule has 1 heterocycles. The number of hydrogen-bond acceptors (Lipinski definition) is 3. The smallest absolute Gasteiger partial charge is 0.239 e. The van der Waals surface area contributed by atoms with E-state index in [4.69, 9.17) is 11.6 Å². The summed E-state index contributed by atoms with van der Waals surface area (Å²) in [6.45, 7) is 3.96. The molecule has 1 aliphatic rings. The number of carbonyl (C=O) groups excluding carboxylic acids is 2. The quantitative estimate of drug-likeness (QED) is 0.861. The van der Waals surface area contributed by atoms with Crippen molar-refractivity contribution in [2.75, 3.05) is 25.0 Å². The highest BCUT2D eigenvalue weighted by Gasteiger charge is 2.39. The molecule has 0 bridgehead atoms. The first-order valence-electron chi connectivity index (χ1n) is 7.23. The zero-order valence-electron chi connectivity index (χ0n) is 13.0. The van der Waals surface area contributed by atoms with Crippen LogP contribution in [0.1, 0.15) is 20.3 Å². The average Bonchev–Trinajstić information content (AvgIpc) is 2.79. The van der Waals surface area contributed by atoms with E-state index in [1.165, 1.54) is 4.90 Å². The van der Waals surface area contributed by atoms with Gasteiger partial charge in [0.2, 0.25) is 11.8 Å². The van der Waals surface area contributed by atoms with E-state index in [0.717, 1.165) is 5.69 Å². The molecule has 5 nitrogen and oxygen atoms in total. The maximum absolute atomic E-state index is 12.5. The molecule has 2 amide bonds. The first kappa shape index (κ1) is 16.8. The Labute approximate surface area is 135 Å². The van der Waals surface area contributed by atoms with Crippen LogP contribution in [-0.4, -0.2) is 47.6 Å². The highest BCUT2D eigenvalue weighted by molar-refractivity contribution is 6.30. The third kappa shape index (κ3) is 3.78. The Hall–Kier alpha value is -1.59. The van der Waals surface area contributed by atoms with Crippen LogP contribution in [0, 0.1) is 5.92 Å². The zero-order valence-corrected chi connectivity index (χ0v) is 13.8. The second-order valence-corrected chi connectivity index (χ2v) is 6.75. The molecule has 22 heavy (non-hydrogen) atoms. The van der Waals surface area contributed by atoms with Gasteiger partial charge in [0, 0.05) is 30.8 Å². The van der Waals surface area contributed by atoms with E-state index in [-0.39, 0.29) is 18.4 Å². The van der Waals surface area contributed by atoms with Crippen molar-refractivity contribution in [1.82, 2.24) is 4.90 Å². The van der Waals surface area contributed by atoms with Gasteiger partial charge in [0.1, 0.15) is 5.92 Å². The lowest BCUT2D eigenvalue weighted by Crippen LogP contribution is -2.44. The Morgan fingerprint density at radius 1 is 1.41 bits per heavy atom. The van der Waals surface area contributed by atoms with Crippen molar-refractivity contribution in [3.05, 3.63) is 29.3 Å². The van der Waals surface area contributed by atoms with Gasteiger partial charge >= 0.3 is 0 Å². The summed E-state index contributed by atoms with van der Waals surface area (Å²) < 4.78 is 0. The number of aliphatic hydroxyl groups is 1. The molecule has 1 atom stereocenters. The van der Waals surface area contributed by atoms with Gasteiger partial charge in [-0.2, -0.15) is 0 Å². The zero-order chi connectivity index (χ0) is 16.5. The van der Waals surface area contributed by atoms with E-state index < -0.39 is 11.5 Å². The van der Waals surface area contributed by atoms with Gasteiger partial charge in [-0.3, -0.25) is 9.59 Å². The third-order valence-corrected chi connectivity index (χ3v) is 3.89. The summed E-state index contributed by atoms with van der Waals surface area (Å²) in [5.74, 6) is -1.12. The van der Waals surface area contributed by atoms with Gasteiger partial charge in [-0.05, 0) is 44.5 Å². The number of nitrogens with zero attached hydrogens (tertiary/aromatic N) is 2. The molecule has 120 valence electrons. The van der Waals surface area contributed by atoms with E-state index in [1.54, 1.807) is 50.1 Å². The van der Waals surface area contributed by atoms with Gasteiger partial charge < -0.3 is 14.9 Å². The van der Waals surface area contributed by atoms with E-state index in [1.807, 2.05) is 0 Å². The van der Waals surface area contributed by atoms with Crippen LogP contribution < -0.4 is 4.90 Å². The van der Waals surface area contributed by atoms with Crippen molar-refractivity contribution in [3.8, 4) is 0 Å². The molecule has 0 radical (unpaired) electrons. The second-order valence-electron chi connectivity index (χ2n) is 6.31. The third-order valence-electron chi connectivity index (χ3n) is 3.64. The largest absolute Gasteiger partial charge is 0.389 e. The van der Waals surface area contributed by atoms with Crippen LogP contribution in [-0.2, 0) is 9.59 Å². The van der Waals surface area contributed by atoms with Crippen molar-refractivity contribution >= 4 is 29.1 Å². The van der Waals surface area contributed by atoms with Gasteiger partial charge in [-0.1, -0.05) is 11.6 Å². The van der Waals surface area contributed by atoms with Gasteiger partial charge in [-0.25, -0.2) is 0 Å². The Balaban J connectivity index is 2.07. The molecule has 1 aromatic carbocycles. The highest BCUT2D eigenvalue weighted by atomic mass is 35.5. The van der Waals surface area contributed by atoms with Gasteiger partial charge in [0.15, 0.2) is 0 Å².